The molecule has 3 unspecified atom stereocenters. The predicted molar refractivity (Wildman–Crippen MR) is 381 cm³/mol. The van der Waals surface area contributed by atoms with E-state index in [0.717, 1.165) is 115 Å². The molecule has 0 aliphatic rings. The third-order valence-corrected chi connectivity index (χ3v) is 19.1. The van der Waals surface area contributed by atoms with Crippen LogP contribution in [0.1, 0.15) is 363 Å². The maximum atomic E-state index is 13.1. The number of esters is 4. The van der Waals surface area contributed by atoms with Crippen molar-refractivity contribution in [2.24, 2.45) is 11.8 Å². The first-order valence-corrected chi connectivity index (χ1v) is 41.3. The van der Waals surface area contributed by atoms with Crippen molar-refractivity contribution in [2.45, 2.75) is 381 Å². The Bertz CT molecular complexity index is 1920. The summed E-state index contributed by atoms with van der Waals surface area (Å²) < 4.78 is 68.4. The summed E-state index contributed by atoms with van der Waals surface area (Å²) >= 11 is 0. The highest BCUT2D eigenvalue weighted by molar-refractivity contribution is 7.47. The molecule has 0 aromatic heterocycles. The molecule has 19 heteroatoms. The van der Waals surface area contributed by atoms with Crippen molar-refractivity contribution in [3.63, 3.8) is 0 Å². The lowest BCUT2D eigenvalue weighted by Gasteiger charge is -2.21. The molecule has 554 valence electrons. The fourth-order valence-electron chi connectivity index (χ4n) is 10.9. The molecule has 0 aromatic rings. The molecule has 0 aliphatic heterocycles. The number of carbonyl (C=O) groups is 4. The molecule has 6 atom stereocenters. The zero-order valence-electron chi connectivity index (χ0n) is 60.7. The Morgan fingerprint density at radius 2 is 0.628 bits per heavy atom. The van der Waals surface area contributed by atoms with Crippen molar-refractivity contribution >= 4 is 39.5 Å². The highest BCUT2D eigenvalue weighted by Gasteiger charge is 2.30. The van der Waals surface area contributed by atoms with Crippen molar-refractivity contribution in [2.75, 3.05) is 39.6 Å². The number of ether oxygens (including phenoxy) is 4. The monoisotopic (exact) mass is 1380 g/mol. The third kappa shape index (κ3) is 66.8. The van der Waals surface area contributed by atoms with E-state index in [9.17, 15) is 43.2 Å². The van der Waals surface area contributed by atoms with E-state index in [-0.39, 0.29) is 25.7 Å². The molecule has 94 heavy (non-hydrogen) atoms. The van der Waals surface area contributed by atoms with Gasteiger partial charge in [0.05, 0.1) is 26.4 Å². The largest absolute Gasteiger partial charge is 0.472 e. The first-order chi connectivity index (χ1) is 45.4. The van der Waals surface area contributed by atoms with Crippen molar-refractivity contribution in [1.29, 1.82) is 0 Å². The van der Waals surface area contributed by atoms with Crippen LogP contribution < -0.4 is 0 Å². The molecule has 0 heterocycles. The lowest BCUT2D eigenvalue weighted by Crippen LogP contribution is -2.30. The fourth-order valence-corrected chi connectivity index (χ4v) is 12.5. The number of aliphatic hydroxyl groups excluding tert-OH is 1. The van der Waals surface area contributed by atoms with Crippen LogP contribution in [0.25, 0.3) is 0 Å². The van der Waals surface area contributed by atoms with Gasteiger partial charge in [-0.15, -0.1) is 0 Å². The third-order valence-electron chi connectivity index (χ3n) is 17.2. The molecule has 0 radical (unpaired) electrons. The van der Waals surface area contributed by atoms with Crippen LogP contribution in [0.3, 0.4) is 0 Å². The van der Waals surface area contributed by atoms with E-state index in [2.05, 4.69) is 65.8 Å². The number of rotatable bonds is 72. The maximum absolute atomic E-state index is 13.1. The van der Waals surface area contributed by atoms with E-state index in [1.54, 1.807) is 0 Å². The van der Waals surface area contributed by atoms with E-state index in [1.807, 2.05) is 0 Å². The number of unbranched alkanes of at least 4 members (excludes halogenated alkanes) is 38. The van der Waals surface area contributed by atoms with Gasteiger partial charge in [-0.3, -0.25) is 37.3 Å². The minimum absolute atomic E-state index is 0.0850. The summed E-state index contributed by atoms with van der Waals surface area (Å²) in [6.07, 6.45) is 56.1. The fraction of sp³-hybridized carbons (Fsp3) is 0.893. The number of hydrogen-bond acceptors (Lipinski definition) is 15. The smallest absolute Gasteiger partial charge is 0.462 e. The van der Waals surface area contributed by atoms with Crippen molar-refractivity contribution in [3.8, 4) is 0 Å². The molecular formula is C75H142O17P2. The molecule has 0 rings (SSSR count). The van der Waals surface area contributed by atoms with Gasteiger partial charge in [0.25, 0.3) is 0 Å². The molecule has 0 bridgehead atoms. The minimum Gasteiger partial charge on any atom is -0.462 e. The standard InChI is InChI=1S/C75H142O17P2/c1-7-10-12-14-16-18-20-21-22-23-28-35-41-47-53-59-74(79)91-71(64-86-73(78)58-52-46-40-34-27-25-24-26-31-37-43-49-55-67(4)5)66-90-94(83,84)88-62-69(76)61-87-93(81,82)89-65-70(63-85-72(77)57-51-45-39-33-19-17-15-13-11-8-2)92-75(80)60-54-48-42-36-30-29-32-38-44-50-56-68(6)9-3/h18,20-22,67-71,76H,7-17,19,23-66H2,1-6H3,(H,81,82)(H,83,84)/b20-18-,22-21-/t68?,69-,70+,71+/m0/s1. The average Bonchev–Trinajstić information content (AvgIpc) is 3.40. The summed E-state index contributed by atoms with van der Waals surface area (Å²) in [4.78, 5) is 72.7. The molecule has 0 aromatic carbocycles. The highest BCUT2D eigenvalue weighted by Crippen LogP contribution is 2.45. The molecule has 3 N–H and O–H groups in total. The van der Waals surface area contributed by atoms with Crippen LogP contribution >= 0.6 is 15.6 Å². The molecule has 0 spiro atoms. The van der Waals surface area contributed by atoms with Gasteiger partial charge in [-0.25, -0.2) is 9.13 Å². The maximum Gasteiger partial charge on any atom is 0.472 e. The summed E-state index contributed by atoms with van der Waals surface area (Å²) in [7, 11) is -9.92. The van der Waals surface area contributed by atoms with Gasteiger partial charge in [-0.05, 0) is 63.2 Å². The Kier molecular flexibility index (Phi) is 64.7. The number of hydrogen-bond donors (Lipinski definition) is 3. The van der Waals surface area contributed by atoms with Gasteiger partial charge in [-0.2, -0.15) is 0 Å². The van der Waals surface area contributed by atoms with Gasteiger partial charge in [0.2, 0.25) is 0 Å². The summed E-state index contributed by atoms with van der Waals surface area (Å²) in [6.45, 7) is 9.55. The van der Waals surface area contributed by atoms with Gasteiger partial charge in [-0.1, -0.05) is 310 Å². The Balaban J connectivity index is 5.29. The zero-order valence-corrected chi connectivity index (χ0v) is 62.5. The first-order valence-electron chi connectivity index (χ1n) is 38.3. The summed E-state index contributed by atoms with van der Waals surface area (Å²) in [5.74, 6) is -0.566. The lowest BCUT2D eigenvalue weighted by molar-refractivity contribution is -0.161. The zero-order chi connectivity index (χ0) is 69.3. The molecule has 0 fully saturated rings. The molecular weight excluding hydrogens is 1230 g/mol. The van der Waals surface area contributed by atoms with Gasteiger partial charge < -0.3 is 33.8 Å². The second-order valence-corrected chi connectivity index (χ2v) is 30.0. The van der Waals surface area contributed by atoms with E-state index >= 15 is 0 Å². The normalized spacial score (nSPS) is 14.5. The Labute approximate surface area is 573 Å². The highest BCUT2D eigenvalue weighted by atomic mass is 31.2. The lowest BCUT2D eigenvalue weighted by atomic mass is 9.99. The minimum atomic E-state index is -4.96. The van der Waals surface area contributed by atoms with Crippen molar-refractivity contribution in [1.82, 2.24) is 0 Å². The SMILES string of the molecule is CCCCCC/C=C\C=C/CCCCCCCC(=O)O[C@H](COC(=O)CCCCCCCCCCCCCCC(C)C)COP(=O)(O)OC[C@@H](O)COP(=O)(O)OC[C@@H](COC(=O)CCCCCCCCCCCC)OC(=O)CCCCCCCCCCCCC(C)CC. The topological polar surface area (TPSA) is 237 Å². The number of allylic oxidation sites excluding steroid dienone is 4. The number of carbonyl (C=O) groups excluding carboxylic acids is 4. The van der Waals surface area contributed by atoms with Crippen LogP contribution in [-0.2, 0) is 65.4 Å². The van der Waals surface area contributed by atoms with Crippen LogP contribution in [0, 0.1) is 11.8 Å². The van der Waals surface area contributed by atoms with Crippen LogP contribution in [0.5, 0.6) is 0 Å². The Hall–Kier alpha value is -2.46. The summed E-state index contributed by atoms with van der Waals surface area (Å²) in [6, 6.07) is 0. The van der Waals surface area contributed by atoms with Crippen LogP contribution in [-0.4, -0.2) is 96.7 Å². The van der Waals surface area contributed by atoms with Gasteiger partial charge >= 0.3 is 39.5 Å². The van der Waals surface area contributed by atoms with Crippen LogP contribution in [0.15, 0.2) is 24.3 Å². The predicted octanol–water partition coefficient (Wildman–Crippen LogP) is 21.5. The molecule has 17 nitrogen and oxygen atoms in total. The van der Waals surface area contributed by atoms with E-state index < -0.39 is 97.5 Å². The van der Waals surface area contributed by atoms with Gasteiger partial charge in [0, 0.05) is 25.7 Å². The molecule has 0 saturated heterocycles. The molecule has 0 saturated carbocycles. The van der Waals surface area contributed by atoms with E-state index in [4.69, 9.17) is 37.0 Å². The molecule has 0 amide bonds. The average molecular weight is 1380 g/mol. The van der Waals surface area contributed by atoms with Crippen molar-refractivity contribution in [3.05, 3.63) is 24.3 Å². The van der Waals surface area contributed by atoms with E-state index in [1.165, 1.54) is 167 Å². The second kappa shape index (κ2) is 66.4. The van der Waals surface area contributed by atoms with Crippen LogP contribution in [0.2, 0.25) is 0 Å². The number of aliphatic hydroxyl groups is 1. The quantitative estimate of drug-likeness (QED) is 0.0169. The summed E-state index contributed by atoms with van der Waals surface area (Å²) in [5.41, 5.74) is 0. The van der Waals surface area contributed by atoms with Crippen molar-refractivity contribution < 1.29 is 80.2 Å². The van der Waals surface area contributed by atoms with Gasteiger partial charge in [0.15, 0.2) is 12.2 Å². The van der Waals surface area contributed by atoms with E-state index in [0.29, 0.717) is 25.7 Å². The van der Waals surface area contributed by atoms with Gasteiger partial charge in [0.1, 0.15) is 19.3 Å². The first kappa shape index (κ1) is 91.5. The number of phosphoric acid groups is 2. The Morgan fingerprint density at radius 3 is 0.957 bits per heavy atom. The summed E-state index contributed by atoms with van der Waals surface area (Å²) in [5, 5.41) is 10.6. The number of phosphoric ester groups is 2. The van der Waals surface area contributed by atoms with Crippen LogP contribution in [0.4, 0.5) is 0 Å². The Morgan fingerprint density at radius 1 is 0.351 bits per heavy atom. The molecule has 0 aliphatic carbocycles. The second-order valence-electron chi connectivity index (χ2n) is 27.1.